The number of ether oxygens (including phenoxy) is 1. The lowest BCUT2D eigenvalue weighted by Gasteiger charge is -2.31. The minimum Gasteiger partial charge on any atom is -0.385 e. The Morgan fingerprint density at radius 2 is 1.35 bits per heavy atom. The normalized spacial score (nSPS) is 14.3. The Labute approximate surface area is 276 Å². The molecular weight excluding hydrogens is 623 g/mol. The van der Waals surface area contributed by atoms with E-state index in [9.17, 15) is 16.8 Å². The van der Waals surface area contributed by atoms with Crippen LogP contribution in [0.2, 0.25) is 0 Å². The second-order valence-corrected chi connectivity index (χ2v) is 15.7. The van der Waals surface area contributed by atoms with Crippen molar-refractivity contribution in [1.82, 2.24) is 13.5 Å². The van der Waals surface area contributed by atoms with Crippen molar-refractivity contribution in [2.75, 3.05) is 77.3 Å². The van der Waals surface area contributed by atoms with Crippen LogP contribution in [0.1, 0.15) is 37.3 Å². The number of likely N-dealkylation sites (N-methyl/N-ethyl adjacent to an activating group) is 1. The summed E-state index contributed by atoms with van der Waals surface area (Å²) in [6, 6.07) is 21.8. The number of hydrogen-bond donors (Lipinski definition) is 1. The molecule has 252 valence electrons. The van der Waals surface area contributed by atoms with Gasteiger partial charge in [0, 0.05) is 67.1 Å². The van der Waals surface area contributed by atoms with Gasteiger partial charge in [-0.3, -0.25) is 0 Å². The topological polar surface area (TPSA) is 102 Å². The highest BCUT2D eigenvalue weighted by atomic mass is 32.2. The molecule has 12 heteroatoms. The highest BCUT2D eigenvalue weighted by molar-refractivity contribution is 7.90. The summed E-state index contributed by atoms with van der Waals surface area (Å²) in [6.07, 6.45) is 2.97. The van der Waals surface area contributed by atoms with Crippen LogP contribution < -0.4 is 10.2 Å². The molecule has 10 nitrogen and oxygen atoms in total. The van der Waals surface area contributed by atoms with E-state index in [0.29, 0.717) is 44.0 Å². The minimum absolute atomic E-state index is 0.0247. The van der Waals surface area contributed by atoms with Crippen LogP contribution in [0.3, 0.4) is 0 Å². The predicted molar refractivity (Wildman–Crippen MR) is 185 cm³/mol. The van der Waals surface area contributed by atoms with Gasteiger partial charge in [-0.05, 0) is 62.5 Å². The van der Waals surface area contributed by atoms with Gasteiger partial charge in [-0.25, -0.2) is 16.8 Å². The van der Waals surface area contributed by atoms with Gasteiger partial charge in [-0.2, -0.15) is 8.61 Å². The van der Waals surface area contributed by atoms with E-state index in [-0.39, 0.29) is 22.9 Å². The van der Waals surface area contributed by atoms with E-state index in [4.69, 9.17) is 4.74 Å². The lowest BCUT2D eigenvalue weighted by Crippen LogP contribution is -2.36. The van der Waals surface area contributed by atoms with Crippen LogP contribution >= 0.6 is 0 Å². The Hall–Kier alpha value is -3.00. The fourth-order valence-electron chi connectivity index (χ4n) is 5.70. The van der Waals surface area contributed by atoms with E-state index in [1.807, 2.05) is 72.5 Å². The van der Waals surface area contributed by atoms with Crippen molar-refractivity contribution in [3.05, 3.63) is 83.9 Å². The molecular formula is C34H49N5O5S2. The quantitative estimate of drug-likeness (QED) is 0.194. The molecule has 0 aromatic heterocycles. The van der Waals surface area contributed by atoms with Crippen LogP contribution in [0.4, 0.5) is 11.4 Å². The van der Waals surface area contributed by atoms with Crippen molar-refractivity contribution in [1.29, 1.82) is 0 Å². The summed E-state index contributed by atoms with van der Waals surface area (Å²) in [6.45, 7) is 7.27. The maximum atomic E-state index is 14.4. The molecule has 0 aliphatic carbocycles. The first-order valence-electron chi connectivity index (χ1n) is 16.0. The maximum absolute atomic E-state index is 14.4. The van der Waals surface area contributed by atoms with Gasteiger partial charge in [0.2, 0.25) is 20.0 Å². The van der Waals surface area contributed by atoms with Crippen molar-refractivity contribution in [3.63, 3.8) is 0 Å². The first kappa shape index (κ1) is 35.8. The molecule has 0 saturated carbocycles. The van der Waals surface area contributed by atoms with Gasteiger partial charge in [0.15, 0.2) is 0 Å². The molecule has 1 aliphatic rings. The van der Waals surface area contributed by atoms with E-state index in [1.54, 1.807) is 20.2 Å². The summed E-state index contributed by atoms with van der Waals surface area (Å²) in [5, 5.41) is 3.31. The molecule has 0 atom stereocenters. The van der Waals surface area contributed by atoms with E-state index >= 15 is 0 Å². The number of likely N-dealkylation sites (tertiary alicyclic amines) is 1. The Balaban J connectivity index is 1.83. The smallest absolute Gasteiger partial charge is 0.245 e. The van der Waals surface area contributed by atoms with Crippen LogP contribution in [0.15, 0.2) is 82.6 Å². The number of benzene rings is 3. The monoisotopic (exact) mass is 671 g/mol. The van der Waals surface area contributed by atoms with Crippen LogP contribution in [0.5, 0.6) is 0 Å². The van der Waals surface area contributed by atoms with Gasteiger partial charge in [-0.1, -0.05) is 60.7 Å². The molecule has 1 aliphatic heterocycles. The fraction of sp³-hybridized carbons (Fsp3) is 0.471. The standard InChI is InChI=1S/C34H49N5O5S2/c1-5-39(23-22-38-20-12-13-21-38)32-25-31(35-19-14-24-44-4)33(45(40,41)36(2)27-29-15-8-6-9-16-29)26-34(32)46(42,43)37(3)28-30-17-10-7-11-18-30/h6-11,15-18,25-26,35H,5,12-14,19-24,27-28H2,1-4H3. The number of methoxy groups -OCH3 is 1. The average molecular weight is 672 g/mol. The van der Waals surface area contributed by atoms with Crippen molar-refractivity contribution in [2.45, 2.75) is 49.1 Å². The van der Waals surface area contributed by atoms with Crippen molar-refractivity contribution in [2.24, 2.45) is 0 Å². The fourth-order valence-corrected chi connectivity index (χ4v) is 8.48. The average Bonchev–Trinajstić information content (AvgIpc) is 3.58. The lowest BCUT2D eigenvalue weighted by atomic mass is 10.2. The number of hydrogen-bond acceptors (Lipinski definition) is 8. The van der Waals surface area contributed by atoms with Crippen molar-refractivity contribution in [3.8, 4) is 0 Å². The number of anilines is 2. The van der Waals surface area contributed by atoms with Crippen LogP contribution in [-0.4, -0.2) is 97.4 Å². The van der Waals surface area contributed by atoms with Crippen LogP contribution in [0.25, 0.3) is 0 Å². The predicted octanol–water partition coefficient (Wildman–Crippen LogP) is 4.70. The van der Waals surface area contributed by atoms with Gasteiger partial charge in [0.05, 0.1) is 11.4 Å². The highest BCUT2D eigenvalue weighted by Crippen LogP contribution is 2.37. The molecule has 0 bridgehead atoms. The number of sulfonamides is 2. The zero-order valence-corrected chi connectivity index (χ0v) is 29.2. The third-order valence-electron chi connectivity index (χ3n) is 8.38. The number of rotatable bonds is 18. The van der Waals surface area contributed by atoms with Gasteiger partial charge in [0.25, 0.3) is 0 Å². The summed E-state index contributed by atoms with van der Waals surface area (Å²) in [5.41, 5.74) is 2.52. The molecule has 46 heavy (non-hydrogen) atoms. The number of nitrogens with one attached hydrogen (secondary N) is 1. The van der Waals surface area contributed by atoms with Gasteiger partial charge < -0.3 is 19.9 Å². The van der Waals surface area contributed by atoms with Gasteiger partial charge in [-0.15, -0.1) is 0 Å². The summed E-state index contributed by atoms with van der Waals surface area (Å²) in [7, 11) is -3.56. The maximum Gasteiger partial charge on any atom is 0.245 e. The zero-order valence-electron chi connectivity index (χ0n) is 27.6. The lowest BCUT2D eigenvalue weighted by molar-refractivity contribution is 0.198. The van der Waals surface area contributed by atoms with E-state index in [0.717, 1.165) is 43.6 Å². The molecule has 0 unspecified atom stereocenters. The SMILES string of the molecule is CCN(CCN1CCCC1)c1cc(NCCCOC)c(S(=O)(=O)N(C)Cc2ccccc2)cc1S(=O)(=O)N(C)Cc1ccccc1. The third kappa shape index (κ3) is 9.08. The van der Waals surface area contributed by atoms with Gasteiger partial charge >= 0.3 is 0 Å². The molecule has 1 N–H and O–H groups in total. The summed E-state index contributed by atoms with van der Waals surface area (Å²) in [5.74, 6) is 0. The molecule has 1 saturated heterocycles. The Morgan fingerprint density at radius 3 is 1.87 bits per heavy atom. The Bertz CT molecular complexity index is 1600. The van der Waals surface area contributed by atoms with E-state index in [2.05, 4.69) is 10.2 Å². The molecule has 0 amide bonds. The summed E-state index contributed by atoms with van der Waals surface area (Å²) >= 11 is 0. The molecule has 0 radical (unpaired) electrons. The summed E-state index contributed by atoms with van der Waals surface area (Å²) in [4.78, 5) is 4.34. The second kappa shape index (κ2) is 16.7. The molecule has 3 aromatic rings. The first-order valence-corrected chi connectivity index (χ1v) is 18.8. The molecule has 1 heterocycles. The minimum atomic E-state index is -4.13. The first-order chi connectivity index (χ1) is 22.1. The van der Waals surface area contributed by atoms with Crippen molar-refractivity contribution < 1.29 is 21.6 Å². The molecule has 1 fully saturated rings. The Morgan fingerprint density at radius 1 is 0.804 bits per heavy atom. The number of nitrogens with zero attached hydrogens (tertiary/aromatic N) is 4. The van der Waals surface area contributed by atoms with E-state index < -0.39 is 20.0 Å². The van der Waals surface area contributed by atoms with Crippen LogP contribution in [0, 0.1) is 0 Å². The van der Waals surface area contributed by atoms with Crippen molar-refractivity contribution >= 4 is 31.4 Å². The molecule has 0 spiro atoms. The van der Waals surface area contributed by atoms with Crippen LogP contribution in [-0.2, 0) is 37.9 Å². The van der Waals surface area contributed by atoms with Gasteiger partial charge in [0.1, 0.15) is 9.79 Å². The third-order valence-corrected chi connectivity index (χ3v) is 12.1. The van der Waals surface area contributed by atoms with E-state index in [1.165, 1.54) is 21.7 Å². The zero-order chi connectivity index (χ0) is 33.2. The molecule has 4 rings (SSSR count). The Kier molecular flexibility index (Phi) is 13.0. The highest BCUT2D eigenvalue weighted by Gasteiger charge is 2.33. The molecule has 3 aromatic carbocycles. The summed E-state index contributed by atoms with van der Waals surface area (Å²) < 4.78 is 65.2. The second-order valence-electron chi connectivity index (χ2n) is 11.7. The largest absolute Gasteiger partial charge is 0.385 e.